The van der Waals surface area contributed by atoms with Crippen molar-refractivity contribution in [3.8, 4) is 0 Å². The summed E-state index contributed by atoms with van der Waals surface area (Å²) < 4.78 is 10.9. The molecule has 1 aliphatic rings. The Labute approximate surface area is 181 Å². The molecule has 160 valence electrons. The van der Waals surface area contributed by atoms with Gasteiger partial charge in [-0.2, -0.15) is 0 Å². The minimum Gasteiger partial charge on any atom is -0.465 e. The van der Waals surface area contributed by atoms with Gasteiger partial charge in [0.25, 0.3) is 5.91 Å². The number of pyridine rings is 1. The first-order valence-electron chi connectivity index (χ1n) is 10.7. The van der Waals surface area contributed by atoms with Crippen LogP contribution in [0.5, 0.6) is 0 Å². The molecular weight excluding hydrogens is 392 g/mol. The summed E-state index contributed by atoms with van der Waals surface area (Å²) in [7, 11) is 0. The molecule has 0 aliphatic heterocycles. The summed E-state index contributed by atoms with van der Waals surface area (Å²) in [5, 5.41) is 3.60. The van der Waals surface area contributed by atoms with Gasteiger partial charge in [0.05, 0.1) is 23.0 Å². The monoisotopic (exact) mass is 418 g/mol. The summed E-state index contributed by atoms with van der Waals surface area (Å²) in [6, 6.07) is 11.3. The summed E-state index contributed by atoms with van der Waals surface area (Å²) in [5.74, 6) is -0.0325. The van der Waals surface area contributed by atoms with Crippen molar-refractivity contribution in [2.45, 2.75) is 45.6 Å². The molecule has 1 aromatic carbocycles. The quantitative estimate of drug-likeness (QED) is 0.559. The van der Waals surface area contributed by atoms with Gasteiger partial charge in [-0.3, -0.25) is 4.79 Å². The molecule has 3 aromatic rings. The fourth-order valence-corrected chi connectivity index (χ4v) is 4.08. The Hall–Kier alpha value is -3.41. The van der Waals surface area contributed by atoms with Crippen molar-refractivity contribution in [3.05, 3.63) is 65.2 Å². The van der Waals surface area contributed by atoms with Crippen LogP contribution in [0.1, 0.15) is 60.5 Å². The number of carbonyl (C=O) groups is 2. The largest absolute Gasteiger partial charge is 0.465 e. The highest BCUT2D eigenvalue weighted by Crippen LogP contribution is 2.37. The van der Waals surface area contributed by atoms with E-state index in [0.29, 0.717) is 12.0 Å². The number of para-hydroxylation sites is 1. The SMILES string of the molecule is CCCC(C)NC(=O)COC(=O)c1c2c(nc3ccccc13)C(=Cc1ccco1)CC2. The van der Waals surface area contributed by atoms with Gasteiger partial charge in [-0.25, -0.2) is 9.78 Å². The van der Waals surface area contributed by atoms with Gasteiger partial charge in [-0.15, -0.1) is 0 Å². The average molecular weight is 418 g/mol. The Morgan fingerprint density at radius 2 is 2.06 bits per heavy atom. The lowest BCUT2D eigenvalue weighted by Gasteiger charge is -2.14. The second-order valence-corrected chi connectivity index (χ2v) is 7.85. The van der Waals surface area contributed by atoms with Gasteiger partial charge in [0.1, 0.15) is 5.76 Å². The van der Waals surface area contributed by atoms with E-state index in [1.165, 1.54) is 0 Å². The van der Waals surface area contributed by atoms with E-state index in [1.807, 2.05) is 49.4 Å². The number of nitrogens with zero attached hydrogens (tertiary/aromatic N) is 1. The molecule has 6 heteroatoms. The number of esters is 1. The van der Waals surface area contributed by atoms with Crippen molar-refractivity contribution >= 4 is 34.4 Å². The predicted molar refractivity (Wildman–Crippen MR) is 119 cm³/mol. The van der Waals surface area contributed by atoms with E-state index >= 15 is 0 Å². The Morgan fingerprint density at radius 3 is 2.84 bits per heavy atom. The standard InChI is InChI=1S/C25H26N2O4/c1-3-7-16(2)26-22(28)15-31-25(29)23-19-9-4-5-10-21(19)27-24-17(11-12-20(23)24)14-18-8-6-13-30-18/h4-6,8-10,13-14,16H,3,7,11-12,15H2,1-2H3,(H,26,28). The number of hydrogen-bond donors (Lipinski definition) is 1. The summed E-state index contributed by atoms with van der Waals surface area (Å²) in [4.78, 5) is 30.1. The maximum atomic E-state index is 13.1. The number of fused-ring (bicyclic) bond motifs is 2. The van der Waals surface area contributed by atoms with Crippen LogP contribution in [0.15, 0.2) is 47.1 Å². The Balaban J connectivity index is 1.63. The van der Waals surface area contributed by atoms with Gasteiger partial charge in [0.2, 0.25) is 0 Å². The zero-order valence-electron chi connectivity index (χ0n) is 17.8. The number of carbonyl (C=O) groups excluding carboxylic acids is 2. The molecule has 31 heavy (non-hydrogen) atoms. The number of hydrogen-bond acceptors (Lipinski definition) is 5. The molecule has 0 fully saturated rings. The topological polar surface area (TPSA) is 81.4 Å². The average Bonchev–Trinajstić information content (AvgIpc) is 3.41. The highest BCUT2D eigenvalue weighted by atomic mass is 16.5. The van der Waals surface area contributed by atoms with E-state index in [-0.39, 0.29) is 18.6 Å². The Morgan fingerprint density at radius 1 is 1.23 bits per heavy atom. The van der Waals surface area contributed by atoms with E-state index in [2.05, 4.69) is 12.2 Å². The number of nitrogens with one attached hydrogen (secondary N) is 1. The van der Waals surface area contributed by atoms with Gasteiger partial charge in [0.15, 0.2) is 6.61 Å². The van der Waals surface area contributed by atoms with Crippen molar-refractivity contribution in [2.75, 3.05) is 6.61 Å². The van der Waals surface area contributed by atoms with Crippen LogP contribution in [-0.2, 0) is 16.0 Å². The molecule has 0 bridgehead atoms. The molecule has 4 rings (SSSR count). The first-order chi connectivity index (χ1) is 15.1. The minimum absolute atomic E-state index is 0.0523. The summed E-state index contributed by atoms with van der Waals surface area (Å²) in [6.07, 6.45) is 6.90. The maximum absolute atomic E-state index is 13.1. The number of rotatable bonds is 7. The Bertz CT molecular complexity index is 1130. The normalized spacial score (nSPS) is 15.1. The summed E-state index contributed by atoms with van der Waals surface area (Å²) >= 11 is 0. The second kappa shape index (κ2) is 9.16. The van der Waals surface area contributed by atoms with E-state index in [4.69, 9.17) is 14.1 Å². The van der Waals surface area contributed by atoms with E-state index in [9.17, 15) is 9.59 Å². The number of benzene rings is 1. The number of allylic oxidation sites excluding steroid dienone is 1. The number of ether oxygens (including phenoxy) is 1. The highest BCUT2D eigenvalue weighted by Gasteiger charge is 2.28. The van der Waals surface area contributed by atoms with Gasteiger partial charge in [-0.1, -0.05) is 31.5 Å². The van der Waals surface area contributed by atoms with Crippen LogP contribution in [-0.4, -0.2) is 29.5 Å². The molecule has 0 saturated carbocycles. The third-order valence-electron chi connectivity index (χ3n) is 5.47. The second-order valence-electron chi connectivity index (χ2n) is 7.85. The molecule has 1 aliphatic carbocycles. The molecule has 6 nitrogen and oxygen atoms in total. The predicted octanol–water partition coefficient (Wildman–Crippen LogP) is 4.78. The van der Waals surface area contributed by atoms with Crippen LogP contribution in [0.2, 0.25) is 0 Å². The fourth-order valence-electron chi connectivity index (χ4n) is 4.08. The lowest BCUT2D eigenvalue weighted by atomic mass is 10.0. The van der Waals surface area contributed by atoms with Crippen molar-refractivity contribution in [3.63, 3.8) is 0 Å². The molecule has 1 unspecified atom stereocenters. The first-order valence-corrected chi connectivity index (χ1v) is 10.7. The lowest BCUT2D eigenvalue weighted by molar-refractivity contribution is -0.124. The summed E-state index contributed by atoms with van der Waals surface area (Å²) in [5.41, 5.74) is 3.90. The fraction of sp³-hybridized carbons (Fsp3) is 0.320. The van der Waals surface area contributed by atoms with E-state index in [0.717, 1.165) is 52.8 Å². The molecule has 1 atom stereocenters. The number of aromatic nitrogens is 1. The highest BCUT2D eigenvalue weighted by molar-refractivity contribution is 6.07. The van der Waals surface area contributed by atoms with Crippen molar-refractivity contribution in [1.82, 2.24) is 10.3 Å². The van der Waals surface area contributed by atoms with Crippen molar-refractivity contribution < 1.29 is 18.7 Å². The lowest BCUT2D eigenvalue weighted by Crippen LogP contribution is -2.35. The van der Waals surface area contributed by atoms with Crippen LogP contribution in [0.3, 0.4) is 0 Å². The summed E-state index contributed by atoms with van der Waals surface area (Å²) in [6.45, 7) is 3.71. The molecule has 1 amide bonds. The molecule has 0 saturated heterocycles. The Kier molecular flexibility index (Phi) is 6.16. The van der Waals surface area contributed by atoms with Crippen molar-refractivity contribution in [1.29, 1.82) is 0 Å². The zero-order valence-corrected chi connectivity index (χ0v) is 17.8. The van der Waals surface area contributed by atoms with Crippen LogP contribution < -0.4 is 5.32 Å². The smallest absolute Gasteiger partial charge is 0.339 e. The third-order valence-corrected chi connectivity index (χ3v) is 5.47. The van der Waals surface area contributed by atoms with Crippen LogP contribution in [0.25, 0.3) is 22.6 Å². The number of amides is 1. The molecule has 0 radical (unpaired) electrons. The first kappa shape index (κ1) is 20.8. The van der Waals surface area contributed by atoms with Gasteiger partial charge >= 0.3 is 5.97 Å². The van der Waals surface area contributed by atoms with E-state index in [1.54, 1.807) is 6.26 Å². The molecule has 2 aromatic heterocycles. The number of furan rings is 1. The third kappa shape index (κ3) is 4.53. The van der Waals surface area contributed by atoms with Crippen LogP contribution in [0, 0.1) is 0 Å². The van der Waals surface area contributed by atoms with Gasteiger partial charge < -0.3 is 14.5 Å². The molecular formula is C25H26N2O4. The molecule has 2 heterocycles. The molecule has 0 spiro atoms. The van der Waals surface area contributed by atoms with Gasteiger partial charge in [0, 0.05) is 11.4 Å². The minimum atomic E-state index is -0.493. The van der Waals surface area contributed by atoms with E-state index < -0.39 is 5.97 Å². The zero-order chi connectivity index (χ0) is 21.8. The van der Waals surface area contributed by atoms with Crippen molar-refractivity contribution in [2.24, 2.45) is 0 Å². The maximum Gasteiger partial charge on any atom is 0.339 e. The van der Waals surface area contributed by atoms with Gasteiger partial charge in [-0.05, 0) is 61.6 Å². The molecule has 1 N–H and O–H groups in total. The van der Waals surface area contributed by atoms with Crippen LogP contribution >= 0.6 is 0 Å². The van der Waals surface area contributed by atoms with Crippen LogP contribution in [0.4, 0.5) is 0 Å².